The molecule has 0 bridgehead atoms. The summed E-state index contributed by atoms with van der Waals surface area (Å²) < 4.78 is 6.14. The fraction of sp³-hybridized carbons (Fsp3) is 0.455. The van der Waals surface area contributed by atoms with Crippen LogP contribution in [0.4, 0.5) is 5.82 Å². The minimum Gasteiger partial charge on any atom is -0.394 e. The molecule has 2 rings (SSSR count). The highest BCUT2D eigenvalue weighted by atomic mass is 16.6. The first-order chi connectivity index (χ1) is 8.99. The van der Waals surface area contributed by atoms with Gasteiger partial charge >= 0.3 is 5.69 Å². The molecule has 0 unspecified atom stereocenters. The molecule has 1 aliphatic heterocycles. The van der Waals surface area contributed by atoms with E-state index in [-0.39, 0.29) is 11.4 Å². The summed E-state index contributed by atoms with van der Waals surface area (Å²) in [4.78, 5) is 15.2. The second kappa shape index (κ2) is 4.99. The lowest BCUT2D eigenvalue weighted by Gasteiger charge is -2.17. The molecule has 8 heteroatoms. The predicted octanol–water partition coefficient (Wildman–Crippen LogP) is -2.58. The molecule has 4 atom stereocenters. The van der Waals surface area contributed by atoms with E-state index in [4.69, 9.17) is 22.0 Å². The van der Waals surface area contributed by atoms with Crippen LogP contribution in [0.1, 0.15) is 11.8 Å². The molecule has 102 valence electrons. The number of aliphatic hydroxyl groups excluding tert-OH is 3. The molecule has 1 fully saturated rings. The van der Waals surface area contributed by atoms with E-state index < -0.39 is 36.8 Å². The van der Waals surface area contributed by atoms with Crippen LogP contribution in [0.2, 0.25) is 0 Å². The van der Waals surface area contributed by atoms with E-state index in [1.165, 1.54) is 6.20 Å². The topological polar surface area (TPSA) is 131 Å². The van der Waals surface area contributed by atoms with Gasteiger partial charge in [-0.05, 0) is 0 Å². The molecule has 0 saturated carbocycles. The lowest BCUT2D eigenvalue weighted by molar-refractivity contribution is -0.0549. The fourth-order valence-electron chi connectivity index (χ4n) is 1.88. The first-order valence-corrected chi connectivity index (χ1v) is 5.47. The molecule has 19 heavy (non-hydrogen) atoms. The lowest BCUT2D eigenvalue weighted by Crippen LogP contribution is -2.36. The third-order valence-corrected chi connectivity index (χ3v) is 2.93. The lowest BCUT2D eigenvalue weighted by atomic mass is 10.1. The summed E-state index contributed by atoms with van der Waals surface area (Å²) >= 11 is 0. The third-order valence-electron chi connectivity index (χ3n) is 2.93. The molecule has 0 radical (unpaired) electrons. The molecule has 8 nitrogen and oxygen atoms in total. The van der Waals surface area contributed by atoms with Crippen LogP contribution >= 0.6 is 0 Å². The molecule has 0 spiro atoms. The van der Waals surface area contributed by atoms with Crippen LogP contribution in [-0.2, 0) is 4.74 Å². The van der Waals surface area contributed by atoms with Gasteiger partial charge in [0.15, 0.2) is 6.23 Å². The van der Waals surface area contributed by atoms with Crippen molar-refractivity contribution in [3.8, 4) is 12.3 Å². The molecule has 1 aliphatic rings. The summed E-state index contributed by atoms with van der Waals surface area (Å²) in [6.45, 7) is -0.492. The molecule has 0 aromatic carbocycles. The average Bonchev–Trinajstić information content (AvgIpc) is 2.67. The number of nitrogens with zero attached hydrogens (tertiary/aromatic N) is 2. The summed E-state index contributed by atoms with van der Waals surface area (Å²) in [5.41, 5.74) is 4.85. The largest absolute Gasteiger partial charge is 0.394 e. The van der Waals surface area contributed by atoms with E-state index >= 15 is 0 Å². The number of rotatable bonds is 2. The van der Waals surface area contributed by atoms with E-state index in [0.717, 1.165) is 4.57 Å². The maximum Gasteiger partial charge on any atom is 0.351 e. The smallest absolute Gasteiger partial charge is 0.351 e. The minimum absolute atomic E-state index is 0.101. The van der Waals surface area contributed by atoms with Gasteiger partial charge in [0, 0.05) is 6.20 Å². The quantitative estimate of drug-likeness (QED) is 0.433. The van der Waals surface area contributed by atoms with Crippen molar-refractivity contribution >= 4 is 5.82 Å². The highest BCUT2D eigenvalue weighted by Crippen LogP contribution is 2.28. The number of hydrogen-bond donors (Lipinski definition) is 4. The van der Waals surface area contributed by atoms with Crippen LogP contribution in [0.3, 0.4) is 0 Å². The zero-order valence-electron chi connectivity index (χ0n) is 9.80. The van der Waals surface area contributed by atoms with Gasteiger partial charge in [-0.3, -0.25) is 4.57 Å². The van der Waals surface area contributed by atoms with Crippen LogP contribution in [0, 0.1) is 12.3 Å². The Balaban J connectivity index is 2.44. The Morgan fingerprint density at radius 3 is 2.74 bits per heavy atom. The monoisotopic (exact) mass is 267 g/mol. The summed E-state index contributed by atoms with van der Waals surface area (Å²) in [6.07, 6.45) is 1.56. The highest BCUT2D eigenvalue weighted by molar-refractivity contribution is 5.47. The van der Waals surface area contributed by atoms with Crippen molar-refractivity contribution in [3.05, 3.63) is 22.2 Å². The van der Waals surface area contributed by atoms with Gasteiger partial charge in [-0.1, -0.05) is 5.92 Å². The molecule has 1 aromatic rings. The minimum atomic E-state index is -1.38. The van der Waals surface area contributed by atoms with Crippen LogP contribution in [0.15, 0.2) is 11.0 Å². The van der Waals surface area contributed by atoms with Crippen molar-refractivity contribution in [2.24, 2.45) is 0 Å². The van der Waals surface area contributed by atoms with Crippen LogP contribution in [0.25, 0.3) is 0 Å². The van der Waals surface area contributed by atoms with Crippen molar-refractivity contribution in [2.75, 3.05) is 12.3 Å². The second-order valence-corrected chi connectivity index (χ2v) is 4.10. The van der Waals surface area contributed by atoms with E-state index in [1.54, 1.807) is 0 Å². The standard InChI is InChI=1S/C11H13N3O5/c1-2-5-3-14(11(18)13-9(5)12)10-8(17)7(16)6(4-15)19-10/h1,3,6-8,10,15-17H,4H2,(H2,12,13,18)/t6-,7+,8+,10-/m1/s1. The highest BCUT2D eigenvalue weighted by Gasteiger charge is 2.43. The Morgan fingerprint density at radius 2 is 2.21 bits per heavy atom. The Labute approximate surface area is 108 Å². The van der Waals surface area contributed by atoms with Crippen molar-refractivity contribution in [1.29, 1.82) is 0 Å². The number of aliphatic hydroxyl groups is 3. The summed E-state index contributed by atoms with van der Waals surface area (Å²) in [7, 11) is 0. The Morgan fingerprint density at radius 1 is 1.53 bits per heavy atom. The Hall–Kier alpha value is -1.92. The SMILES string of the molecule is C#Cc1cn([C@@H]2O[C@H](CO)[C@H](O)[C@@H]2O)c(=O)nc1N. The van der Waals surface area contributed by atoms with E-state index in [9.17, 15) is 15.0 Å². The van der Waals surface area contributed by atoms with Crippen molar-refractivity contribution in [1.82, 2.24) is 9.55 Å². The maximum absolute atomic E-state index is 11.7. The average molecular weight is 267 g/mol. The zero-order chi connectivity index (χ0) is 14.2. The van der Waals surface area contributed by atoms with Crippen LogP contribution in [0.5, 0.6) is 0 Å². The van der Waals surface area contributed by atoms with Gasteiger partial charge in [0.25, 0.3) is 0 Å². The van der Waals surface area contributed by atoms with Gasteiger partial charge < -0.3 is 25.8 Å². The van der Waals surface area contributed by atoms with E-state index in [1.807, 2.05) is 0 Å². The summed E-state index contributed by atoms with van der Waals surface area (Å²) in [5, 5.41) is 28.4. The number of hydrogen-bond acceptors (Lipinski definition) is 7. The number of anilines is 1. The first kappa shape index (κ1) is 13.5. The third kappa shape index (κ3) is 2.20. The molecule has 0 amide bonds. The maximum atomic E-state index is 11.7. The van der Waals surface area contributed by atoms with Crippen LogP contribution in [-0.4, -0.2) is 49.8 Å². The number of nitrogens with two attached hydrogens (primary N) is 1. The molecule has 0 aliphatic carbocycles. The summed E-state index contributed by atoms with van der Waals surface area (Å²) in [6, 6.07) is 0. The summed E-state index contributed by atoms with van der Waals surface area (Å²) in [5.74, 6) is 2.14. The molecular weight excluding hydrogens is 254 g/mol. The zero-order valence-corrected chi connectivity index (χ0v) is 9.80. The second-order valence-electron chi connectivity index (χ2n) is 4.10. The number of nitrogen functional groups attached to an aromatic ring is 1. The predicted molar refractivity (Wildman–Crippen MR) is 63.9 cm³/mol. The number of terminal acetylenes is 1. The fourth-order valence-corrected chi connectivity index (χ4v) is 1.88. The van der Waals surface area contributed by atoms with E-state index in [0.29, 0.717) is 0 Å². The Bertz CT molecular complexity index is 579. The molecule has 1 aromatic heterocycles. The first-order valence-electron chi connectivity index (χ1n) is 5.47. The van der Waals surface area contributed by atoms with Gasteiger partial charge in [-0.2, -0.15) is 4.98 Å². The normalized spacial score (nSPS) is 30.2. The molecule has 1 saturated heterocycles. The van der Waals surface area contributed by atoms with Gasteiger partial charge in [-0.25, -0.2) is 4.79 Å². The van der Waals surface area contributed by atoms with Crippen molar-refractivity contribution in [3.63, 3.8) is 0 Å². The molecule has 5 N–H and O–H groups in total. The number of ether oxygens (including phenoxy) is 1. The van der Waals surface area contributed by atoms with Gasteiger partial charge in [0.2, 0.25) is 0 Å². The van der Waals surface area contributed by atoms with Crippen LogP contribution < -0.4 is 11.4 Å². The van der Waals surface area contributed by atoms with Gasteiger partial charge in [0.05, 0.1) is 12.2 Å². The van der Waals surface area contributed by atoms with Crippen molar-refractivity contribution < 1.29 is 20.1 Å². The van der Waals surface area contributed by atoms with Gasteiger partial charge in [0.1, 0.15) is 24.1 Å². The molecular formula is C11H13N3O5. The number of aromatic nitrogens is 2. The van der Waals surface area contributed by atoms with E-state index in [2.05, 4.69) is 10.9 Å². The van der Waals surface area contributed by atoms with Crippen molar-refractivity contribution in [2.45, 2.75) is 24.5 Å². The Kier molecular flexibility index (Phi) is 3.55. The molecule has 2 heterocycles. The van der Waals surface area contributed by atoms with Gasteiger partial charge in [-0.15, -0.1) is 6.42 Å².